The maximum absolute atomic E-state index is 2.77. The van der Waals surface area contributed by atoms with Gasteiger partial charge in [0.05, 0.1) is 0 Å². The van der Waals surface area contributed by atoms with Crippen LogP contribution in [0.3, 0.4) is 0 Å². The second-order valence-electron chi connectivity index (χ2n) is 6.85. The third kappa shape index (κ3) is 2.45. The van der Waals surface area contributed by atoms with Crippen LogP contribution in [0.25, 0.3) is 0 Å². The molecule has 0 atom stereocenters. The van der Waals surface area contributed by atoms with Crippen molar-refractivity contribution in [1.82, 2.24) is 14.7 Å². The Labute approximate surface area is 112 Å². The van der Waals surface area contributed by atoms with Crippen molar-refractivity contribution in [1.29, 1.82) is 0 Å². The van der Waals surface area contributed by atoms with E-state index in [1.807, 2.05) is 0 Å². The number of likely N-dealkylation sites (N-methyl/N-ethyl adjacent to an activating group) is 1. The Balaban J connectivity index is 1.47. The maximum Gasteiger partial charge on any atom is 0.0350 e. The minimum Gasteiger partial charge on any atom is -0.306 e. The second-order valence-corrected chi connectivity index (χ2v) is 6.85. The summed E-state index contributed by atoms with van der Waals surface area (Å²) in [5.74, 6) is 0. The summed E-state index contributed by atoms with van der Waals surface area (Å²) in [6, 6.07) is 0.883. The normalized spacial score (nSPS) is 31.7. The van der Waals surface area contributed by atoms with Gasteiger partial charge in [0.25, 0.3) is 0 Å². The molecule has 3 aliphatic rings. The van der Waals surface area contributed by atoms with Crippen LogP contribution in [-0.4, -0.2) is 73.6 Å². The van der Waals surface area contributed by atoms with Gasteiger partial charge < -0.3 is 9.80 Å². The average Bonchev–Trinajstić information content (AvgIpc) is 2.35. The molecule has 0 unspecified atom stereocenters. The second kappa shape index (κ2) is 5.10. The molecule has 0 N–H and O–H groups in total. The van der Waals surface area contributed by atoms with E-state index in [9.17, 15) is 0 Å². The van der Waals surface area contributed by atoms with Crippen molar-refractivity contribution in [3.8, 4) is 0 Å². The average molecular weight is 251 g/mol. The Bertz CT molecular complexity index is 267. The van der Waals surface area contributed by atoms with Crippen LogP contribution in [0.1, 0.15) is 32.6 Å². The van der Waals surface area contributed by atoms with Gasteiger partial charge in [-0.3, -0.25) is 4.90 Å². The van der Waals surface area contributed by atoms with Gasteiger partial charge in [0.2, 0.25) is 0 Å². The summed E-state index contributed by atoms with van der Waals surface area (Å²) in [7, 11) is 2.27. The van der Waals surface area contributed by atoms with E-state index in [1.54, 1.807) is 0 Å². The molecule has 0 radical (unpaired) electrons. The van der Waals surface area contributed by atoms with Gasteiger partial charge in [-0.25, -0.2) is 0 Å². The number of rotatable bonds is 2. The zero-order valence-electron chi connectivity index (χ0n) is 12.2. The van der Waals surface area contributed by atoms with Gasteiger partial charge in [-0.15, -0.1) is 0 Å². The molecule has 3 aliphatic heterocycles. The highest BCUT2D eigenvalue weighted by molar-refractivity contribution is 4.95. The lowest BCUT2D eigenvalue weighted by Gasteiger charge is -2.51. The number of piperidine rings is 2. The molecule has 0 amide bonds. The van der Waals surface area contributed by atoms with Crippen molar-refractivity contribution in [3.63, 3.8) is 0 Å². The van der Waals surface area contributed by atoms with E-state index in [0.29, 0.717) is 0 Å². The van der Waals surface area contributed by atoms with Crippen LogP contribution >= 0.6 is 0 Å². The Hall–Kier alpha value is -0.120. The molecule has 3 saturated heterocycles. The van der Waals surface area contributed by atoms with Crippen LogP contribution in [0.2, 0.25) is 0 Å². The molecule has 1 spiro atoms. The number of hydrogen-bond acceptors (Lipinski definition) is 3. The summed E-state index contributed by atoms with van der Waals surface area (Å²) in [4.78, 5) is 7.84. The highest BCUT2D eigenvalue weighted by atomic mass is 15.3. The Morgan fingerprint density at radius 2 is 1.50 bits per heavy atom. The van der Waals surface area contributed by atoms with Gasteiger partial charge in [-0.05, 0) is 70.9 Å². The van der Waals surface area contributed by atoms with Crippen LogP contribution in [-0.2, 0) is 0 Å². The molecule has 3 fully saturated rings. The van der Waals surface area contributed by atoms with Crippen LogP contribution in [0.5, 0.6) is 0 Å². The van der Waals surface area contributed by atoms with Crippen LogP contribution in [0.15, 0.2) is 0 Å². The minimum atomic E-state index is 0.719. The predicted molar refractivity (Wildman–Crippen MR) is 75.9 cm³/mol. The summed E-state index contributed by atoms with van der Waals surface area (Å²) in [6.45, 7) is 11.6. The van der Waals surface area contributed by atoms with Crippen LogP contribution in [0.4, 0.5) is 0 Å². The molecule has 0 bridgehead atoms. The molecule has 3 nitrogen and oxygen atoms in total. The zero-order chi connectivity index (χ0) is 12.6. The smallest absolute Gasteiger partial charge is 0.0350 e. The minimum absolute atomic E-state index is 0.719. The lowest BCUT2D eigenvalue weighted by Crippen LogP contribution is -2.61. The highest BCUT2D eigenvalue weighted by Gasteiger charge is 2.40. The fraction of sp³-hybridized carbons (Fsp3) is 1.00. The van der Waals surface area contributed by atoms with E-state index in [4.69, 9.17) is 0 Å². The van der Waals surface area contributed by atoms with Gasteiger partial charge in [-0.2, -0.15) is 0 Å². The van der Waals surface area contributed by atoms with Crippen molar-refractivity contribution in [2.45, 2.75) is 38.6 Å². The Morgan fingerprint density at radius 1 is 0.944 bits per heavy atom. The number of nitrogens with zero attached hydrogens (tertiary/aromatic N) is 3. The largest absolute Gasteiger partial charge is 0.306 e. The first-order valence-electron chi connectivity index (χ1n) is 7.86. The zero-order valence-corrected chi connectivity index (χ0v) is 12.2. The first kappa shape index (κ1) is 12.9. The molecular formula is C15H29N3. The molecule has 3 heteroatoms. The fourth-order valence-electron chi connectivity index (χ4n) is 3.99. The quantitative estimate of drug-likeness (QED) is 0.736. The van der Waals surface area contributed by atoms with E-state index in [0.717, 1.165) is 11.5 Å². The van der Waals surface area contributed by atoms with Crippen molar-refractivity contribution >= 4 is 0 Å². The predicted octanol–water partition coefficient (Wildman–Crippen LogP) is 1.50. The standard InChI is InChI=1S/C15H29N3/c1-3-17-12-14(13-17)18-10-6-15(7-11-18)4-8-16(2)9-5-15/h14H,3-13H2,1-2H3. The summed E-state index contributed by atoms with van der Waals surface area (Å²) in [5.41, 5.74) is 0.719. The van der Waals surface area contributed by atoms with Crippen LogP contribution < -0.4 is 0 Å². The highest BCUT2D eigenvalue weighted by Crippen LogP contribution is 2.41. The molecule has 0 saturated carbocycles. The first-order chi connectivity index (χ1) is 8.71. The van der Waals surface area contributed by atoms with Gasteiger partial charge in [-0.1, -0.05) is 6.92 Å². The van der Waals surface area contributed by atoms with E-state index in [-0.39, 0.29) is 0 Å². The van der Waals surface area contributed by atoms with E-state index in [2.05, 4.69) is 28.7 Å². The number of likely N-dealkylation sites (tertiary alicyclic amines) is 3. The summed E-state index contributed by atoms with van der Waals surface area (Å²) < 4.78 is 0. The van der Waals surface area contributed by atoms with E-state index >= 15 is 0 Å². The molecule has 104 valence electrons. The summed E-state index contributed by atoms with van der Waals surface area (Å²) in [5, 5.41) is 0. The van der Waals surface area contributed by atoms with Gasteiger partial charge in [0.15, 0.2) is 0 Å². The van der Waals surface area contributed by atoms with Gasteiger partial charge in [0.1, 0.15) is 0 Å². The van der Waals surface area contributed by atoms with Crippen molar-refractivity contribution in [2.24, 2.45) is 5.41 Å². The SMILES string of the molecule is CCN1CC(N2CCC3(CCN(C)CC3)CC2)C1. The molecular weight excluding hydrogens is 222 g/mol. The van der Waals surface area contributed by atoms with Crippen molar-refractivity contribution in [3.05, 3.63) is 0 Å². The van der Waals surface area contributed by atoms with Crippen LogP contribution in [0, 0.1) is 5.41 Å². The topological polar surface area (TPSA) is 9.72 Å². The fourth-order valence-corrected chi connectivity index (χ4v) is 3.99. The maximum atomic E-state index is 2.77. The van der Waals surface area contributed by atoms with E-state index in [1.165, 1.54) is 71.5 Å². The molecule has 18 heavy (non-hydrogen) atoms. The summed E-state index contributed by atoms with van der Waals surface area (Å²) in [6.07, 6.45) is 5.82. The van der Waals surface area contributed by atoms with E-state index < -0.39 is 0 Å². The molecule has 0 aromatic heterocycles. The third-order valence-electron chi connectivity index (χ3n) is 5.81. The summed E-state index contributed by atoms with van der Waals surface area (Å²) >= 11 is 0. The number of hydrogen-bond donors (Lipinski definition) is 0. The van der Waals surface area contributed by atoms with Gasteiger partial charge in [0, 0.05) is 19.1 Å². The molecule has 0 aromatic carbocycles. The monoisotopic (exact) mass is 251 g/mol. The lowest BCUT2D eigenvalue weighted by atomic mass is 9.71. The molecule has 0 aliphatic carbocycles. The van der Waals surface area contributed by atoms with Gasteiger partial charge >= 0.3 is 0 Å². The molecule has 3 heterocycles. The van der Waals surface area contributed by atoms with Crippen molar-refractivity contribution in [2.75, 3.05) is 52.9 Å². The first-order valence-corrected chi connectivity index (χ1v) is 7.86. The third-order valence-corrected chi connectivity index (χ3v) is 5.81. The molecule has 3 rings (SSSR count). The Morgan fingerprint density at radius 3 is 2.06 bits per heavy atom. The Kier molecular flexibility index (Phi) is 3.65. The van der Waals surface area contributed by atoms with Crippen molar-refractivity contribution < 1.29 is 0 Å². The molecule has 0 aromatic rings. The lowest BCUT2D eigenvalue weighted by molar-refractivity contribution is -0.0196.